The fraction of sp³-hybridized carbons (Fsp3) is 0.200. The molecule has 0 bridgehead atoms. The van der Waals surface area contributed by atoms with Crippen molar-refractivity contribution in [1.82, 2.24) is 4.57 Å². The molecule has 4 rings (SSSR count). The van der Waals surface area contributed by atoms with Crippen LogP contribution in [-0.2, 0) is 16.6 Å². The summed E-state index contributed by atoms with van der Waals surface area (Å²) in [6.45, 7) is 1.69. The zero-order chi connectivity index (χ0) is 19.0. The molecule has 0 radical (unpaired) electrons. The Morgan fingerprint density at radius 2 is 1.93 bits per heavy atom. The van der Waals surface area contributed by atoms with E-state index in [0.29, 0.717) is 22.7 Å². The first-order valence-electron chi connectivity index (χ1n) is 8.48. The summed E-state index contributed by atoms with van der Waals surface area (Å²) in [5, 5.41) is 3.50. The summed E-state index contributed by atoms with van der Waals surface area (Å²) in [6, 6.07) is 12.6. The van der Waals surface area contributed by atoms with Crippen LogP contribution in [0, 0.1) is 0 Å². The van der Waals surface area contributed by atoms with Gasteiger partial charge in [0.15, 0.2) is 17.6 Å². The van der Waals surface area contributed by atoms with Gasteiger partial charge >= 0.3 is 5.97 Å². The maximum Gasteiger partial charge on any atom is 0.341 e. The number of ether oxygens (including phenoxy) is 3. The van der Waals surface area contributed by atoms with E-state index in [9.17, 15) is 9.59 Å². The summed E-state index contributed by atoms with van der Waals surface area (Å²) in [7, 11) is 1.86. The van der Waals surface area contributed by atoms with Crippen molar-refractivity contribution in [2.75, 3.05) is 12.1 Å². The molecule has 1 aromatic heterocycles. The van der Waals surface area contributed by atoms with Gasteiger partial charge in [0.1, 0.15) is 0 Å². The fourth-order valence-corrected chi connectivity index (χ4v) is 3.00. The molecule has 1 aliphatic heterocycles. The smallest absolute Gasteiger partial charge is 0.341 e. The van der Waals surface area contributed by atoms with E-state index >= 15 is 0 Å². The lowest BCUT2D eigenvalue weighted by Crippen LogP contribution is -2.29. The van der Waals surface area contributed by atoms with E-state index in [2.05, 4.69) is 5.32 Å². The van der Waals surface area contributed by atoms with Crippen LogP contribution in [0.2, 0.25) is 0 Å². The Bertz CT molecular complexity index is 1040. The Balaban J connectivity index is 1.45. The molecule has 1 unspecified atom stereocenters. The Kier molecular flexibility index (Phi) is 4.19. The molecular weight excluding hydrogens is 348 g/mol. The lowest BCUT2D eigenvalue weighted by molar-refractivity contribution is -0.123. The third-order valence-corrected chi connectivity index (χ3v) is 4.41. The summed E-state index contributed by atoms with van der Waals surface area (Å²) in [5.41, 5.74) is 1.88. The van der Waals surface area contributed by atoms with Gasteiger partial charge in [-0.05, 0) is 25.1 Å². The summed E-state index contributed by atoms with van der Waals surface area (Å²) >= 11 is 0. The van der Waals surface area contributed by atoms with Crippen molar-refractivity contribution in [3.63, 3.8) is 0 Å². The molecule has 7 nitrogen and oxygen atoms in total. The lowest BCUT2D eigenvalue weighted by atomic mass is 10.2. The largest absolute Gasteiger partial charge is 0.454 e. The van der Waals surface area contributed by atoms with Crippen LogP contribution >= 0.6 is 0 Å². The number of carbonyl (C=O) groups excluding carboxylic acids is 2. The first kappa shape index (κ1) is 17.0. The molecule has 138 valence electrons. The number of rotatable bonds is 4. The number of anilines is 1. The number of esters is 1. The monoisotopic (exact) mass is 366 g/mol. The average molecular weight is 366 g/mol. The highest BCUT2D eigenvalue weighted by atomic mass is 16.7. The molecule has 2 heterocycles. The van der Waals surface area contributed by atoms with Crippen LogP contribution in [0.4, 0.5) is 5.69 Å². The van der Waals surface area contributed by atoms with E-state index in [4.69, 9.17) is 14.2 Å². The molecule has 2 aromatic carbocycles. The summed E-state index contributed by atoms with van der Waals surface area (Å²) in [5.74, 6) is 0.222. The molecule has 27 heavy (non-hydrogen) atoms. The van der Waals surface area contributed by atoms with Crippen molar-refractivity contribution in [3.8, 4) is 11.5 Å². The molecule has 1 atom stereocenters. The number of aryl methyl sites for hydroxylation is 1. The van der Waals surface area contributed by atoms with Crippen molar-refractivity contribution >= 4 is 28.5 Å². The number of nitrogens with one attached hydrogen (secondary N) is 1. The average Bonchev–Trinajstić information content (AvgIpc) is 3.26. The van der Waals surface area contributed by atoms with Crippen LogP contribution < -0.4 is 14.8 Å². The van der Waals surface area contributed by atoms with Gasteiger partial charge in [-0.2, -0.15) is 0 Å². The first-order valence-corrected chi connectivity index (χ1v) is 8.48. The molecule has 1 amide bonds. The Labute approximate surface area is 155 Å². The van der Waals surface area contributed by atoms with Gasteiger partial charge in [-0.1, -0.05) is 18.2 Å². The van der Waals surface area contributed by atoms with E-state index in [0.717, 1.165) is 10.9 Å². The van der Waals surface area contributed by atoms with Crippen molar-refractivity contribution < 1.29 is 23.8 Å². The minimum absolute atomic E-state index is 0.159. The van der Waals surface area contributed by atoms with Crippen LogP contribution in [0.3, 0.4) is 0 Å². The maximum absolute atomic E-state index is 12.5. The number of benzene rings is 2. The topological polar surface area (TPSA) is 78.8 Å². The van der Waals surface area contributed by atoms with Crippen LogP contribution in [-0.4, -0.2) is 29.3 Å². The van der Waals surface area contributed by atoms with Gasteiger partial charge in [0.25, 0.3) is 5.91 Å². The summed E-state index contributed by atoms with van der Waals surface area (Å²) < 4.78 is 17.7. The number of fused-ring (bicyclic) bond motifs is 2. The Morgan fingerprint density at radius 1 is 1.15 bits per heavy atom. The summed E-state index contributed by atoms with van der Waals surface area (Å²) in [6.07, 6.45) is 0.747. The molecule has 7 heteroatoms. The predicted octanol–water partition coefficient (Wildman–Crippen LogP) is 3.09. The van der Waals surface area contributed by atoms with Crippen molar-refractivity contribution in [2.24, 2.45) is 7.05 Å². The van der Waals surface area contributed by atoms with Gasteiger partial charge in [0.05, 0.1) is 5.56 Å². The van der Waals surface area contributed by atoms with E-state index in [1.54, 1.807) is 24.4 Å². The molecular formula is C20H18N2O5. The van der Waals surface area contributed by atoms with E-state index in [1.165, 1.54) is 6.92 Å². The molecule has 1 aliphatic rings. The fourth-order valence-electron chi connectivity index (χ4n) is 3.00. The van der Waals surface area contributed by atoms with Gasteiger partial charge in [0, 0.05) is 35.9 Å². The second-order valence-electron chi connectivity index (χ2n) is 6.28. The standard InChI is InChI=1S/C20H18N2O5/c1-12(19(23)21-13-7-8-17-18(9-13)26-11-25-17)27-20(24)15-10-22(2)16-6-4-3-5-14(15)16/h3-10,12H,11H2,1-2H3,(H,21,23). The van der Waals surface area contributed by atoms with Gasteiger partial charge in [-0.15, -0.1) is 0 Å². The van der Waals surface area contributed by atoms with Gasteiger partial charge < -0.3 is 24.1 Å². The molecule has 1 N–H and O–H groups in total. The van der Waals surface area contributed by atoms with E-state index in [1.807, 2.05) is 35.9 Å². The zero-order valence-electron chi connectivity index (χ0n) is 14.9. The normalized spacial score (nSPS) is 13.4. The highest BCUT2D eigenvalue weighted by Gasteiger charge is 2.22. The van der Waals surface area contributed by atoms with Crippen LogP contribution in [0.15, 0.2) is 48.7 Å². The van der Waals surface area contributed by atoms with Gasteiger partial charge in [-0.3, -0.25) is 4.79 Å². The lowest BCUT2D eigenvalue weighted by Gasteiger charge is -2.13. The Morgan fingerprint density at radius 3 is 2.78 bits per heavy atom. The minimum atomic E-state index is -0.957. The van der Waals surface area contributed by atoms with Crippen molar-refractivity contribution in [3.05, 3.63) is 54.2 Å². The molecule has 0 saturated carbocycles. The second kappa shape index (κ2) is 6.68. The Hall–Kier alpha value is -3.48. The number of nitrogens with zero attached hydrogens (tertiary/aromatic N) is 1. The van der Waals surface area contributed by atoms with Crippen LogP contribution in [0.1, 0.15) is 17.3 Å². The molecule has 0 saturated heterocycles. The van der Waals surface area contributed by atoms with E-state index in [-0.39, 0.29) is 6.79 Å². The molecule has 3 aromatic rings. The second-order valence-corrected chi connectivity index (χ2v) is 6.28. The number of hydrogen-bond acceptors (Lipinski definition) is 5. The van der Waals surface area contributed by atoms with Crippen molar-refractivity contribution in [2.45, 2.75) is 13.0 Å². The number of carbonyl (C=O) groups is 2. The highest BCUT2D eigenvalue weighted by molar-refractivity contribution is 6.05. The zero-order valence-corrected chi connectivity index (χ0v) is 14.9. The molecule has 0 fully saturated rings. The maximum atomic E-state index is 12.5. The summed E-state index contributed by atoms with van der Waals surface area (Å²) in [4.78, 5) is 24.9. The van der Waals surface area contributed by atoms with Gasteiger partial charge in [-0.25, -0.2) is 4.79 Å². The van der Waals surface area contributed by atoms with Crippen LogP contribution in [0.5, 0.6) is 11.5 Å². The van der Waals surface area contributed by atoms with Crippen molar-refractivity contribution in [1.29, 1.82) is 0 Å². The number of hydrogen-bond donors (Lipinski definition) is 1. The molecule has 0 spiro atoms. The SMILES string of the molecule is CC(OC(=O)c1cn(C)c2ccccc12)C(=O)Nc1ccc2c(c1)OCO2. The number of aromatic nitrogens is 1. The van der Waals surface area contributed by atoms with Crippen LogP contribution in [0.25, 0.3) is 10.9 Å². The third-order valence-electron chi connectivity index (χ3n) is 4.41. The molecule has 0 aliphatic carbocycles. The van der Waals surface area contributed by atoms with Gasteiger partial charge in [0.2, 0.25) is 6.79 Å². The quantitative estimate of drug-likeness (QED) is 0.718. The first-order chi connectivity index (χ1) is 13.0. The minimum Gasteiger partial charge on any atom is -0.454 e. The third kappa shape index (κ3) is 3.19. The highest BCUT2D eigenvalue weighted by Crippen LogP contribution is 2.34. The predicted molar refractivity (Wildman–Crippen MR) is 99.0 cm³/mol. The van der Waals surface area contributed by atoms with E-state index < -0.39 is 18.0 Å². The number of amides is 1. The number of para-hydroxylation sites is 1.